The molecule has 1 aliphatic rings. The normalized spacial score (nSPS) is 14.8. The van der Waals surface area contributed by atoms with Gasteiger partial charge in [0.15, 0.2) is 6.61 Å². The minimum absolute atomic E-state index is 0.0431. The third kappa shape index (κ3) is 5.79. The predicted octanol–water partition coefficient (Wildman–Crippen LogP) is 3.93. The van der Waals surface area contributed by atoms with Crippen molar-refractivity contribution < 1.29 is 31.4 Å². The largest absolute Gasteiger partial charge is 0.574 e. The molecule has 0 atom stereocenters. The number of hydrogen-bond acceptors (Lipinski definition) is 8. The Morgan fingerprint density at radius 1 is 1.16 bits per heavy atom. The number of nitrogens with zero attached hydrogens (tertiary/aromatic N) is 4. The van der Waals surface area contributed by atoms with Crippen LogP contribution in [0.25, 0.3) is 27.9 Å². The number of ether oxygens (including phenoxy) is 2. The molecule has 4 rings (SSSR count). The summed E-state index contributed by atoms with van der Waals surface area (Å²) in [7, 11) is 1.65. The number of rotatable bonds is 7. The van der Waals surface area contributed by atoms with Crippen LogP contribution in [0.2, 0.25) is 0 Å². The molecular formula is C23H17F5N6O3. The maximum atomic E-state index is 13.7. The fourth-order valence-electron chi connectivity index (χ4n) is 3.42. The van der Waals surface area contributed by atoms with Crippen LogP contribution in [0.5, 0.6) is 11.8 Å². The molecule has 0 radical (unpaired) electrons. The van der Waals surface area contributed by atoms with Crippen LogP contribution in [-0.2, 0) is 0 Å². The van der Waals surface area contributed by atoms with Crippen LogP contribution in [0.4, 0.5) is 22.0 Å². The van der Waals surface area contributed by atoms with Gasteiger partial charge in [-0.1, -0.05) is 0 Å². The molecule has 0 aliphatic heterocycles. The highest BCUT2D eigenvalue weighted by Crippen LogP contribution is 2.28. The van der Waals surface area contributed by atoms with Gasteiger partial charge in [-0.2, -0.15) is 0 Å². The summed E-state index contributed by atoms with van der Waals surface area (Å²) in [6.07, 6.45) is 1.86. The number of aromatic nitrogens is 4. The van der Waals surface area contributed by atoms with Gasteiger partial charge in [-0.05, 0) is 24.3 Å². The Balaban J connectivity index is 1.91. The van der Waals surface area contributed by atoms with Gasteiger partial charge >= 0.3 is 6.36 Å². The smallest absolute Gasteiger partial charge is 0.470 e. The zero-order valence-electron chi connectivity index (χ0n) is 18.9. The lowest BCUT2D eigenvalue weighted by atomic mass is 10.0. The van der Waals surface area contributed by atoms with E-state index in [1.54, 1.807) is 19.3 Å². The van der Waals surface area contributed by atoms with Crippen molar-refractivity contribution >= 4 is 22.4 Å². The summed E-state index contributed by atoms with van der Waals surface area (Å²) >= 11 is 0. The molecule has 192 valence electrons. The number of fused-ring (bicyclic) bond motifs is 1. The van der Waals surface area contributed by atoms with Gasteiger partial charge in [-0.3, -0.25) is 9.36 Å². The molecule has 0 amide bonds. The number of pyridine rings is 2. The zero-order chi connectivity index (χ0) is 26.7. The molecule has 2 N–H and O–H groups in total. The fourth-order valence-corrected chi connectivity index (χ4v) is 3.42. The number of nitrogens with one attached hydrogen (secondary N) is 2. The second kappa shape index (κ2) is 10.2. The maximum absolute atomic E-state index is 13.7. The summed E-state index contributed by atoms with van der Waals surface area (Å²) in [5.41, 5.74) is 0.429. The zero-order valence-corrected chi connectivity index (χ0v) is 18.9. The first-order valence-corrected chi connectivity index (χ1v) is 10.5. The molecule has 3 heterocycles. The third-order valence-corrected chi connectivity index (χ3v) is 4.92. The SMILES string of the molecule is CN/C=C1/C=C(n2cc3ncc(OCC(F)F)nc3c(-c3ccc(OC(F)(F)F)nc3)c2=O)C=CC1=N. The van der Waals surface area contributed by atoms with Gasteiger partial charge in [0.05, 0.1) is 17.5 Å². The van der Waals surface area contributed by atoms with E-state index in [0.29, 0.717) is 11.3 Å². The molecule has 0 spiro atoms. The number of allylic oxidation sites excluding steroid dienone is 5. The molecule has 0 unspecified atom stereocenters. The van der Waals surface area contributed by atoms with Crippen molar-refractivity contribution in [3.8, 4) is 22.9 Å². The molecule has 14 heteroatoms. The van der Waals surface area contributed by atoms with E-state index < -0.39 is 30.8 Å². The van der Waals surface area contributed by atoms with Crippen LogP contribution in [0.1, 0.15) is 0 Å². The highest BCUT2D eigenvalue weighted by molar-refractivity contribution is 6.12. The van der Waals surface area contributed by atoms with Crippen LogP contribution >= 0.6 is 0 Å². The predicted molar refractivity (Wildman–Crippen MR) is 123 cm³/mol. The molecule has 0 saturated heterocycles. The van der Waals surface area contributed by atoms with Crippen molar-refractivity contribution in [3.63, 3.8) is 0 Å². The Labute approximate surface area is 205 Å². The second-order valence-electron chi connectivity index (χ2n) is 7.46. The maximum Gasteiger partial charge on any atom is 0.574 e. The van der Waals surface area contributed by atoms with E-state index in [1.165, 1.54) is 29.0 Å². The monoisotopic (exact) mass is 520 g/mol. The van der Waals surface area contributed by atoms with Gasteiger partial charge in [0.1, 0.15) is 11.0 Å². The lowest BCUT2D eigenvalue weighted by molar-refractivity contribution is -0.276. The average Bonchev–Trinajstić information content (AvgIpc) is 2.84. The van der Waals surface area contributed by atoms with Gasteiger partial charge in [0.2, 0.25) is 11.8 Å². The lowest BCUT2D eigenvalue weighted by Crippen LogP contribution is -2.23. The molecular weight excluding hydrogens is 503 g/mol. The summed E-state index contributed by atoms with van der Waals surface area (Å²) in [4.78, 5) is 25.6. The molecule has 3 aromatic heterocycles. The Morgan fingerprint density at radius 2 is 1.95 bits per heavy atom. The Morgan fingerprint density at radius 3 is 2.59 bits per heavy atom. The molecule has 9 nitrogen and oxygen atoms in total. The molecule has 0 bridgehead atoms. The average molecular weight is 520 g/mol. The minimum atomic E-state index is -4.96. The van der Waals surface area contributed by atoms with Crippen LogP contribution in [0.15, 0.2) is 65.5 Å². The van der Waals surface area contributed by atoms with Gasteiger partial charge < -0.3 is 20.2 Å². The quantitative estimate of drug-likeness (QED) is 0.454. The van der Waals surface area contributed by atoms with E-state index in [0.717, 1.165) is 18.5 Å². The summed E-state index contributed by atoms with van der Waals surface area (Å²) in [6, 6.07) is 2.10. The first-order valence-electron chi connectivity index (χ1n) is 10.5. The first-order chi connectivity index (χ1) is 17.6. The second-order valence-corrected chi connectivity index (χ2v) is 7.46. The van der Waals surface area contributed by atoms with Crippen molar-refractivity contribution in [2.75, 3.05) is 13.7 Å². The first kappa shape index (κ1) is 25.5. The lowest BCUT2D eigenvalue weighted by Gasteiger charge is -2.16. The van der Waals surface area contributed by atoms with Gasteiger partial charge in [-0.15, -0.1) is 13.2 Å². The Kier molecular flexibility index (Phi) is 7.00. The van der Waals surface area contributed by atoms with E-state index >= 15 is 0 Å². The molecule has 3 aromatic rings. The highest BCUT2D eigenvalue weighted by atomic mass is 19.4. The Hall–Kier alpha value is -4.62. The summed E-state index contributed by atoms with van der Waals surface area (Å²) in [6.45, 7) is -0.957. The molecule has 0 fully saturated rings. The van der Waals surface area contributed by atoms with Crippen LogP contribution in [0.3, 0.4) is 0 Å². The molecule has 37 heavy (non-hydrogen) atoms. The number of halogens is 5. The van der Waals surface area contributed by atoms with Crippen LogP contribution < -0.4 is 20.3 Å². The van der Waals surface area contributed by atoms with Crippen molar-refractivity contribution in [2.24, 2.45) is 0 Å². The molecule has 0 aromatic carbocycles. The van der Waals surface area contributed by atoms with Gasteiger partial charge in [-0.25, -0.2) is 23.7 Å². The number of alkyl halides is 5. The standard InChI is InChI=1S/C23H17F5N6O3/c1-30-7-13-6-14(3-4-15(13)29)34-10-16-21(33-19(9-31-16)36-11-17(24)25)20(22(34)35)12-2-5-18(32-8-12)37-23(26,27)28/h2-10,17,29-30H,11H2,1H3/b13-7-,29-15?. The summed E-state index contributed by atoms with van der Waals surface area (Å²) in [5.74, 6) is -1.03. The van der Waals surface area contributed by atoms with E-state index in [1.807, 2.05) is 0 Å². The van der Waals surface area contributed by atoms with Crippen molar-refractivity contribution in [1.29, 1.82) is 5.41 Å². The van der Waals surface area contributed by atoms with Gasteiger partial charge in [0, 0.05) is 48.5 Å². The van der Waals surface area contributed by atoms with Gasteiger partial charge in [0.25, 0.3) is 12.0 Å². The topological polar surface area (TPSA) is 115 Å². The summed E-state index contributed by atoms with van der Waals surface area (Å²) in [5, 5.41) is 10.8. The van der Waals surface area contributed by atoms with E-state index in [2.05, 4.69) is 25.0 Å². The van der Waals surface area contributed by atoms with E-state index in [4.69, 9.17) is 10.1 Å². The van der Waals surface area contributed by atoms with Crippen molar-refractivity contribution in [3.05, 3.63) is 71.1 Å². The van der Waals surface area contributed by atoms with Crippen LogP contribution in [0, 0.1) is 5.41 Å². The number of hydrogen-bond donors (Lipinski definition) is 2. The van der Waals surface area contributed by atoms with E-state index in [-0.39, 0.29) is 33.8 Å². The fraction of sp³-hybridized carbons (Fsp3) is 0.174. The highest BCUT2D eigenvalue weighted by Gasteiger charge is 2.31. The summed E-state index contributed by atoms with van der Waals surface area (Å²) < 4.78 is 72.8. The van der Waals surface area contributed by atoms with Crippen LogP contribution in [-0.4, -0.2) is 51.7 Å². The minimum Gasteiger partial charge on any atom is -0.470 e. The third-order valence-electron chi connectivity index (χ3n) is 4.92. The van der Waals surface area contributed by atoms with E-state index in [9.17, 15) is 26.7 Å². The Bertz CT molecular complexity index is 1490. The van der Waals surface area contributed by atoms with Crippen molar-refractivity contribution in [2.45, 2.75) is 12.8 Å². The molecule has 1 aliphatic carbocycles. The van der Waals surface area contributed by atoms with Crippen molar-refractivity contribution in [1.82, 2.24) is 24.8 Å². The molecule has 0 saturated carbocycles.